The molecule has 0 bridgehead atoms. The SMILES string of the molecule is CCCOc1c(CC(C(=O)O)c2ccc(OC)cc2)cccc1OC. The predicted molar refractivity (Wildman–Crippen MR) is 95.9 cm³/mol. The van der Waals surface area contributed by atoms with Crippen molar-refractivity contribution in [3.63, 3.8) is 0 Å². The Morgan fingerprint density at radius 3 is 2.36 bits per heavy atom. The Bertz CT molecular complexity index is 694. The maximum absolute atomic E-state index is 11.8. The first kappa shape index (κ1) is 18.6. The van der Waals surface area contributed by atoms with Gasteiger partial charge in [0.25, 0.3) is 0 Å². The lowest BCUT2D eigenvalue weighted by Crippen LogP contribution is -2.15. The van der Waals surface area contributed by atoms with Gasteiger partial charge < -0.3 is 19.3 Å². The van der Waals surface area contributed by atoms with Gasteiger partial charge in [-0.25, -0.2) is 0 Å². The Morgan fingerprint density at radius 2 is 1.80 bits per heavy atom. The van der Waals surface area contributed by atoms with E-state index in [9.17, 15) is 9.90 Å². The zero-order chi connectivity index (χ0) is 18.2. The van der Waals surface area contributed by atoms with Crippen molar-refractivity contribution in [2.24, 2.45) is 0 Å². The first-order chi connectivity index (χ1) is 12.1. The normalized spacial score (nSPS) is 11.6. The van der Waals surface area contributed by atoms with Crippen molar-refractivity contribution < 1.29 is 24.1 Å². The number of benzene rings is 2. The highest BCUT2D eigenvalue weighted by Crippen LogP contribution is 2.35. The maximum atomic E-state index is 11.8. The Kier molecular flexibility index (Phi) is 6.69. The Balaban J connectivity index is 2.34. The highest BCUT2D eigenvalue weighted by molar-refractivity contribution is 5.77. The largest absolute Gasteiger partial charge is 0.497 e. The molecule has 0 aliphatic heterocycles. The van der Waals surface area contributed by atoms with Crippen LogP contribution in [-0.2, 0) is 11.2 Å². The van der Waals surface area contributed by atoms with Gasteiger partial charge in [0.1, 0.15) is 5.75 Å². The minimum atomic E-state index is -0.880. The fraction of sp³-hybridized carbons (Fsp3) is 0.350. The van der Waals surface area contributed by atoms with Gasteiger partial charge in [-0.2, -0.15) is 0 Å². The van der Waals surface area contributed by atoms with Crippen LogP contribution in [0, 0.1) is 0 Å². The number of para-hydroxylation sites is 1. The van der Waals surface area contributed by atoms with Crippen LogP contribution in [0.2, 0.25) is 0 Å². The fourth-order valence-electron chi connectivity index (χ4n) is 2.65. The van der Waals surface area contributed by atoms with Gasteiger partial charge in [-0.3, -0.25) is 4.79 Å². The van der Waals surface area contributed by atoms with Crippen LogP contribution >= 0.6 is 0 Å². The van der Waals surface area contributed by atoms with E-state index >= 15 is 0 Å². The molecule has 5 nitrogen and oxygen atoms in total. The van der Waals surface area contributed by atoms with Crippen LogP contribution in [-0.4, -0.2) is 31.9 Å². The van der Waals surface area contributed by atoms with Gasteiger partial charge in [-0.15, -0.1) is 0 Å². The second kappa shape index (κ2) is 8.97. The molecule has 0 saturated carbocycles. The number of hydrogen-bond donors (Lipinski definition) is 1. The third-order valence-corrected chi connectivity index (χ3v) is 3.97. The van der Waals surface area contributed by atoms with Gasteiger partial charge in [-0.1, -0.05) is 31.2 Å². The molecule has 134 valence electrons. The van der Waals surface area contributed by atoms with Crippen LogP contribution < -0.4 is 14.2 Å². The van der Waals surface area contributed by atoms with Crippen LogP contribution in [0.15, 0.2) is 42.5 Å². The van der Waals surface area contributed by atoms with Crippen molar-refractivity contribution in [3.05, 3.63) is 53.6 Å². The molecule has 1 N–H and O–H groups in total. The molecule has 0 aliphatic rings. The molecule has 2 aromatic carbocycles. The van der Waals surface area contributed by atoms with Gasteiger partial charge in [-0.05, 0) is 42.2 Å². The van der Waals surface area contributed by atoms with Crippen molar-refractivity contribution in [1.82, 2.24) is 0 Å². The topological polar surface area (TPSA) is 65.0 Å². The van der Waals surface area contributed by atoms with Crippen molar-refractivity contribution in [1.29, 1.82) is 0 Å². The molecule has 2 rings (SSSR count). The zero-order valence-corrected chi connectivity index (χ0v) is 14.8. The number of rotatable bonds is 9. The summed E-state index contributed by atoms with van der Waals surface area (Å²) in [6.45, 7) is 2.57. The second-order valence-corrected chi connectivity index (χ2v) is 5.67. The van der Waals surface area contributed by atoms with E-state index in [-0.39, 0.29) is 0 Å². The summed E-state index contributed by atoms with van der Waals surface area (Å²) in [7, 11) is 3.16. The van der Waals surface area contributed by atoms with Gasteiger partial charge in [0.15, 0.2) is 11.5 Å². The van der Waals surface area contributed by atoms with Gasteiger partial charge in [0.2, 0.25) is 0 Å². The number of carboxylic acid groups (broad SMARTS) is 1. The molecule has 0 spiro atoms. The molecule has 1 atom stereocenters. The summed E-state index contributed by atoms with van der Waals surface area (Å²) in [5, 5.41) is 9.70. The van der Waals surface area contributed by atoms with E-state index in [1.165, 1.54) is 0 Å². The first-order valence-electron chi connectivity index (χ1n) is 8.26. The lowest BCUT2D eigenvalue weighted by atomic mass is 9.91. The van der Waals surface area contributed by atoms with Crippen LogP contribution in [0.4, 0.5) is 0 Å². The summed E-state index contributed by atoms with van der Waals surface area (Å²) >= 11 is 0. The lowest BCUT2D eigenvalue weighted by molar-refractivity contribution is -0.138. The summed E-state index contributed by atoms with van der Waals surface area (Å²) in [6.07, 6.45) is 1.18. The van der Waals surface area contributed by atoms with Crippen molar-refractivity contribution in [2.45, 2.75) is 25.7 Å². The summed E-state index contributed by atoms with van der Waals surface area (Å²) in [5.41, 5.74) is 1.54. The number of carboxylic acids is 1. The molecule has 0 amide bonds. The number of methoxy groups -OCH3 is 2. The van der Waals surface area contributed by atoms with Gasteiger partial charge in [0, 0.05) is 0 Å². The first-order valence-corrected chi connectivity index (χ1v) is 8.26. The van der Waals surface area contributed by atoms with Gasteiger partial charge >= 0.3 is 5.97 Å². The van der Waals surface area contributed by atoms with Gasteiger partial charge in [0.05, 0.1) is 26.7 Å². The van der Waals surface area contributed by atoms with E-state index in [1.807, 2.05) is 25.1 Å². The van der Waals surface area contributed by atoms with Crippen LogP contribution in [0.25, 0.3) is 0 Å². The molecule has 1 unspecified atom stereocenters. The van der Waals surface area contributed by atoms with E-state index in [4.69, 9.17) is 14.2 Å². The Hall–Kier alpha value is -2.69. The summed E-state index contributed by atoms with van der Waals surface area (Å²) in [4.78, 5) is 11.8. The van der Waals surface area contributed by atoms with Crippen LogP contribution in [0.1, 0.15) is 30.4 Å². The summed E-state index contributed by atoms with van der Waals surface area (Å²) < 4.78 is 16.3. The minimum absolute atomic E-state index is 0.317. The van der Waals surface area contributed by atoms with E-state index in [0.717, 1.165) is 17.5 Å². The molecule has 0 aromatic heterocycles. The van der Waals surface area contributed by atoms with E-state index in [2.05, 4.69) is 0 Å². The second-order valence-electron chi connectivity index (χ2n) is 5.67. The average Bonchev–Trinajstić information content (AvgIpc) is 2.64. The molecule has 0 heterocycles. The number of aliphatic carboxylic acids is 1. The zero-order valence-electron chi connectivity index (χ0n) is 14.8. The molecule has 0 saturated heterocycles. The molecule has 0 fully saturated rings. The van der Waals surface area contributed by atoms with E-state index in [1.54, 1.807) is 38.5 Å². The Labute approximate surface area is 148 Å². The number of carbonyl (C=O) groups is 1. The highest BCUT2D eigenvalue weighted by Gasteiger charge is 2.23. The third kappa shape index (κ3) is 4.66. The quantitative estimate of drug-likeness (QED) is 0.747. The molecule has 2 aromatic rings. The minimum Gasteiger partial charge on any atom is -0.497 e. The predicted octanol–water partition coefficient (Wildman–Crippen LogP) is 3.90. The average molecular weight is 344 g/mol. The van der Waals surface area contributed by atoms with Crippen molar-refractivity contribution in [2.75, 3.05) is 20.8 Å². The fourth-order valence-corrected chi connectivity index (χ4v) is 2.65. The van der Waals surface area contributed by atoms with E-state index < -0.39 is 11.9 Å². The summed E-state index contributed by atoms with van der Waals surface area (Å²) in [5.74, 6) is 0.370. The lowest BCUT2D eigenvalue weighted by Gasteiger charge is -2.18. The third-order valence-electron chi connectivity index (χ3n) is 3.97. The monoisotopic (exact) mass is 344 g/mol. The number of ether oxygens (including phenoxy) is 3. The molecule has 0 radical (unpaired) electrons. The molecule has 25 heavy (non-hydrogen) atoms. The Morgan fingerprint density at radius 1 is 1.08 bits per heavy atom. The van der Waals surface area contributed by atoms with Crippen LogP contribution in [0.3, 0.4) is 0 Å². The standard InChI is InChI=1S/C20H24O5/c1-4-12-25-19-15(6-5-7-18(19)24-3)13-17(20(21)22)14-8-10-16(23-2)11-9-14/h5-11,17H,4,12-13H2,1-3H3,(H,21,22). The van der Waals surface area contributed by atoms with Crippen molar-refractivity contribution in [3.8, 4) is 17.2 Å². The molecular weight excluding hydrogens is 320 g/mol. The summed E-state index contributed by atoms with van der Waals surface area (Å²) in [6, 6.07) is 12.6. The molecular formula is C20H24O5. The number of hydrogen-bond acceptors (Lipinski definition) is 4. The molecule has 5 heteroatoms. The van der Waals surface area contributed by atoms with E-state index in [0.29, 0.717) is 30.3 Å². The smallest absolute Gasteiger partial charge is 0.311 e. The molecule has 0 aliphatic carbocycles. The van der Waals surface area contributed by atoms with Crippen molar-refractivity contribution >= 4 is 5.97 Å². The highest BCUT2D eigenvalue weighted by atomic mass is 16.5. The maximum Gasteiger partial charge on any atom is 0.311 e. The van der Waals surface area contributed by atoms with Crippen LogP contribution in [0.5, 0.6) is 17.2 Å².